The largest absolute Gasteiger partial charge is 0.481 e. The smallest absolute Gasteiger partial charge is 0.440 e. The second kappa shape index (κ2) is 7.54. The number of hydrogen-bond donors (Lipinski definition) is 2. The van der Waals surface area contributed by atoms with E-state index in [9.17, 15) is 39.6 Å². The van der Waals surface area contributed by atoms with E-state index in [1.807, 2.05) is 0 Å². The van der Waals surface area contributed by atoms with Crippen LogP contribution in [0, 0.1) is 5.92 Å². The van der Waals surface area contributed by atoms with Crippen molar-refractivity contribution in [1.82, 2.24) is 4.72 Å². The summed E-state index contributed by atoms with van der Waals surface area (Å²) in [6.07, 6.45) is -11.3. The van der Waals surface area contributed by atoms with Gasteiger partial charge in [-0.05, 0) is 13.1 Å². The van der Waals surface area contributed by atoms with Crippen molar-refractivity contribution in [3.8, 4) is 0 Å². The van der Waals surface area contributed by atoms with Crippen molar-refractivity contribution in [1.29, 1.82) is 0 Å². The van der Waals surface area contributed by atoms with Crippen molar-refractivity contribution < 1.29 is 54.1 Å². The molecule has 1 aliphatic rings. The summed E-state index contributed by atoms with van der Waals surface area (Å²) in [6, 6.07) is 0. The number of sulfonamides is 1. The zero-order chi connectivity index (χ0) is 20.4. The van der Waals surface area contributed by atoms with Crippen LogP contribution in [0.25, 0.3) is 0 Å². The molecule has 0 saturated heterocycles. The van der Waals surface area contributed by atoms with Crippen LogP contribution in [0.5, 0.6) is 0 Å². The van der Waals surface area contributed by atoms with Crippen LogP contribution in [-0.2, 0) is 24.3 Å². The molecule has 7 nitrogen and oxygen atoms in total. The Bertz CT molecular complexity index is 685. The van der Waals surface area contributed by atoms with Crippen LogP contribution >= 0.6 is 0 Å². The Morgan fingerprint density at radius 2 is 1.85 bits per heavy atom. The molecule has 0 radical (unpaired) electrons. The lowest BCUT2D eigenvalue weighted by Gasteiger charge is -2.38. The molecule has 0 aliphatic heterocycles. The summed E-state index contributed by atoms with van der Waals surface area (Å²) in [4.78, 5) is 8.12. The highest BCUT2D eigenvalue weighted by Crippen LogP contribution is 2.39. The summed E-state index contributed by atoms with van der Waals surface area (Å²) < 4.78 is 110. The van der Waals surface area contributed by atoms with Gasteiger partial charge in [0.15, 0.2) is 0 Å². The van der Waals surface area contributed by atoms with Crippen LogP contribution in [0.4, 0.5) is 26.3 Å². The van der Waals surface area contributed by atoms with Gasteiger partial charge in [0.05, 0.1) is 0 Å². The van der Waals surface area contributed by atoms with Gasteiger partial charge >= 0.3 is 18.3 Å². The molecule has 2 N–H and O–H groups in total. The number of ether oxygens (including phenoxy) is 2. The third-order valence-electron chi connectivity index (χ3n) is 3.09. The Kier molecular flexibility index (Phi) is 6.50. The maximum atomic E-state index is 13.0. The molecule has 0 aromatic heterocycles. The van der Waals surface area contributed by atoms with Crippen molar-refractivity contribution >= 4 is 16.0 Å². The van der Waals surface area contributed by atoms with E-state index in [0.717, 1.165) is 19.2 Å². The van der Waals surface area contributed by atoms with E-state index in [0.29, 0.717) is 12.2 Å². The molecule has 3 unspecified atom stereocenters. The molecule has 0 heterocycles. The fraction of sp³-hybridized carbons (Fsp3) is 0.583. The molecule has 3 atom stereocenters. The molecule has 0 bridgehead atoms. The van der Waals surface area contributed by atoms with Crippen molar-refractivity contribution in [3.05, 3.63) is 24.3 Å². The predicted octanol–water partition coefficient (Wildman–Crippen LogP) is 1.54. The van der Waals surface area contributed by atoms with Crippen molar-refractivity contribution in [2.24, 2.45) is 5.92 Å². The van der Waals surface area contributed by atoms with Crippen molar-refractivity contribution in [3.63, 3.8) is 0 Å². The van der Waals surface area contributed by atoms with Crippen LogP contribution in [0.2, 0.25) is 0 Å². The van der Waals surface area contributed by atoms with Gasteiger partial charge in [0, 0.05) is 0 Å². The van der Waals surface area contributed by atoms with Crippen LogP contribution < -0.4 is 4.72 Å². The van der Waals surface area contributed by atoms with Crippen LogP contribution in [-0.4, -0.2) is 56.7 Å². The number of alkyl halides is 6. The van der Waals surface area contributed by atoms with Gasteiger partial charge in [0.25, 0.3) is 6.29 Å². The molecule has 150 valence electrons. The van der Waals surface area contributed by atoms with Gasteiger partial charge in [0.2, 0.25) is 15.0 Å². The fourth-order valence-corrected chi connectivity index (χ4v) is 3.29. The zero-order valence-electron chi connectivity index (χ0n) is 12.8. The van der Waals surface area contributed by atoms with Gasteiger partial charge < -0.3 is 14.6 Å². The van der Waals surface area contributed by atoms with Crippen molar-refractivity contribution in [2.75, 3.05) is 13.7 Å². The topological polar surface area (TPSA) is 102 Å². The number of carboxylic acids is 1. The minimum Gasteiger partial charge on any atom is -0.481 e. The van der Waals surface area contributed by atoms with Gasteiger partial charge in [-0.3, -0.25) is 4.79 Å². The molecule has 14 heteroatoms. The monoisotopic (exact) mass is 413 g/mol. The van der Waals surface area contributed by atoms with Crippen LogP contribution in [0.1, 0.15) is 0 Å². The van der Waals surface area contributed by atoms with Crippen LogP contribution in [0.3, 0.4) is 0 Å². The van der Waals surface area contributed by atoms with E-state index in [1.54, 1.807) is 4.72 Å². The van der Waals surface area contributed by atoms with Gasteiger partial charge in [-0.1, -0.05) is 18.2 Å². The molecule has 26 heavy (non-hydrogen) atoms. The van der Waals surface area contributed by atoms with Gasteiger partial charge in [-0.2, -0.15) is 26.3 Å². The third-order valence-corrected chi connectivity index (χ3v) is 4.95. The average Bonchev–Trinajstić information content (AvgIpc) is 2.49. The summed E-state index contributed by atoms with van der Waals surface area (Å²) in [7, 11) is -4.17. The summed E-state index contributed by atoms with van der Waals surface area (Å²) in [5.74, 6) is -4.08. The summed E-state index contributed by atoms with van der Waals surface area (Å²) in [5.41, 5.74) is 0. The SMILES string of the molecule is CNS(=O)(=O)C1(OC(OCC(F)(F)F)C(F)(F)F)C=CC=CC1C(=O)O. The minimum absolute atomic E-state index is 0.479. The normalized spacial score (nSPS) is 25.3. The first-order valence-electron chi connectivity index (χ1n) is 6.61. The lowest BCUT2D eigenvalue weighted by atomic mass is 9.97. The Balaban J connectivity index is 3.40. The highest BCUT2D eigenvalue weighted by molar-refractivity contribution is 7.91. The summed E-state index contributed by atoms with van der Waals surface area (Å²) in [6.45, 7) is -2.40. The van der Waals surface area contributed by atoms with E-state index >= 15 is 0 Å². The quantitative estimate of drug-likeness (QED) is 0.485. The van der Waals surface area contributed by atoms with E-state index in [-0.39, 0.29) is 0 Å². The average molecular weight is 413 g/mol. The van der Waals surface area contributed by atoms with E-state index in [1.165, 1.54) is 0 Å². The predicted molar refractivity (Wildman–Crippen MR) is 73.1 cm³/mol. The number of nitrogens with one attached hydrogen (secondary N) is 1. The molecule has 0 spiro atoms. The Hall–Kier alpha value is -1.64. The molecule has 0 fully saturated rings. The first-order valence-corrected chi connectivity index (χ1v) is 8.09. The molecule has 0 amide bonds. The first kappa shape index (κ1) is 22.4. The molecule has 0 aromatic rings. The standard InChI is InChI=1S/C12H13F6NO6S/c1-19-26(22,23)10(5-3-2-4-7(10)8(20)21)25-9(12(16,17)18)24-6-11(13,14)15/h2-5,7,9,19H,6H2,1H3,(H,20,21). The molecule has 1 aliphatic carbocycles. The number of carboxylic acid groups (broad SMARTS) is 1. The Morgan fingerprint density at radius 3 is 2.27 bits per heavy atom. The van der Waals surface area contributed by atoms with E-state index in [4.69, 9.17) is 5.11 Å². The highest BCUT2D eigenvalue weighted by atomic mass is 32.2. The minimum atomic E-state index is -5.58. The van der Waals surface area contributed by atoms with E-state index in [2.05, 4.69) is 9.47 Å². The summed E-state index contributed by atoms with van der Waals surface area (Å²) >= 11 is 0. The zero-order valence-corrected chi connectivity index (χ0v) is 13.7. The number of hydrogen-bond acceptors (Lipinski definition) is 5. The number of allylic oxidation sites excluding steroid dienone is 2. The lowest BCUT2D eigenvalue weighted by Crippen LogP contribution is -2.57. The molecular weight excluding hydrogens is 400 g/mol. The maximum Gasteiger partial charge on any atom is 0.440 e. The number of halogens is 6. The molecule has 0 aromatic carbocycles. The second-order valence-electron chi connectivity index (χ2n) is 4.91. The Labute approximate surface area is 143 Å². The molecular formula is C12H13F6NO6S. The highest BCUT2D eigenvalue weighted by Gasteiger charge is 2.58. The molecule has 1 rings (SSSR count). The summed E-state index contributed by atoms with van der Waals surface area (Å²) in [5, 5.41) is 9.15. The Morgan fingerprint density at radius 1 is 1.27 bits per heavy atom. The van der Waals surface area contributed by atoms with E-state index < -0.39 is 52.1 Å². The lowest BCUT2D eigenvalue weighted by molar-refractivity contribution is -0.342. The number of aliphatic carboxylic acids is 1. The first-order chi connectivity index (χ1) is 11.7. The third kappa shape index (κ3) is 4.96. The molecule has 0 saturated carbocycles. The number of rotatable bonds is 7. The number of carbonyl (C=O) groups is 1. The fourth-order valence-electron chi connectivity index (χ4n) is 1.98. The van der Waals surface area contributed by atoms with Gasteiger partial charge in [0.1, 0.15) is 12.5 Å². The van der Waals surface area contributed by atoms with Gasteiger partial charge in [-0.25, -0.2) is 13.1 Å². The maximum absolute atomic E-state index is 13.0. The van der Waals surface area contributed by atoms with Crippen LogP contribution in [0.15, 0.2) is 24.3 Å². The second-order valence-corrected chi connectivity index (χ2v) is 6.96. The van der Waals surface area contributed by atoms with Crippen molar-refractivity contribution in [2.45, 2.75) is 23.6 Å². The van der Waals surface area contributed by atoms with Gasteiger partial charge in [-0.15, -0.1) is 0 Å².